The Kier molecular flexibility index (Phi) is 4.40. The summed E-state index contributed by atoms with van der Waals surface area (Å²) < 4.78 is 26.4. The van der Waals surface area contributed by atoms with Gasteiger partial charge in [0.1, 0.15) is 0 Å². The lowest BCUT2D eigenvalue weighted by atomic mass is 9.86. The molecule has 1 aromatic rings. The summed E-state index contributed by atoms with van der Waals surface area (Å²) in [7, 11) is -3.69. The van der Waals surface area contributed by atoms with E-state index in [1.165, 1.54) is 19.3 Å². The zero-order valence-corrected chi connectivity index (χ0v) is 13.7. The SMILES string of the molecule is N#Cc1ccc(CS(=O)(=O)NC(=O)CC2CC3CCC2C3)cc1. The standard InChI is InChI=1S/C17H20N2O3S/c18-10-12-1-3-13(4-2-12)11-23(21,22)19-17(20)9-16-8-14-5-6-15(16)7-14/h1-4,14-16H,5-9,11H2,(H,19,20). The smallest absolute Gasteiger partial charge is 0.239 e. The lowest BCUT2D eigenvalue weighted by Crippen LogP contribution is -2.33. The Morgan fingerprint density at radius 1 is 1.22 bits per heavy atom. The van der Waals surface area contributed by atoms with Gasteiger partial charge >= 0.3 is 0 Å². The lowest BCUT2D eigenvalue weighted by molar-refractivity contribution is -0.120. The highest BCUT2D eigenvalue weighted by molar-refractivity contribution is 7.89. The number of sulfonamides is 1. The molecular formula is C17H20N2O3S. The maximum absolute atomic E-state index is 12.1. The molecule has 5 nitrogen and oxygen atoms in total. The van der Waals surface area contributed by atoms with E-state index in [9.17, 15) is 13.2 Å². The first kappa shape index (κ1) is 16.0. The van der Waals surface area contributed by atoms with Gasteiger partial charge in [-0.2, -0.15) is 5.26 Å². The summed E-state index contributed by atoms with van der Waals surface area (Å²) in [6.45, 7) is 0. The number of nitriles is 1. The topological polar surface area (TPSA) is 87.0 Å². The molecule has 2 bridgehead atoms. The van der Waals surface area contributed by atoms with Crippen LogP contribution in [0.15, 0.2) is 24.3 Å². The molecular weight excluding hydrogens is 312 g/mol. The number of hydrogen-bond donors (Lipinski definition) is 1. The Morgan fingerprint density at radius 2 is 1.96 bits per heavy atom. The van der Waals surface area contributed by atoms with E-state index in [2.05, 4.69) is 4.72 Å². The van der Waals surface area contributed by atoms with Gasteiger partial charge in [0, 0.05) is 6.42 Å². The van der Waals surface area contributed by atoms with Gasteiger partial charge in [-0.3, -0.25) is 9.52 Å². The monoisotopic (exact) mass is 332 g/mol. The predicted octanol–water partition coefficient (Wildman–Crippen LogP) is 2.33. The summed E-state index contributed by atoms with van der Waals surface area (Å²) in [5, 5.41) is 8.74. The number of hydrogen-bond acceptors (Lipinski definition) is 4. The molecule has 2 fully saturated rings. The molecule has 0 spiro atoms. The van der Waals surface area contributed by atoms with Crippen molar-refractivity contribution in [3.05, 3.63) is 35.4 Å². The second-order valence-corrected chi connectivity index (χ2v) is 8.45. The largest absolute Gasteiger partial charge is 0.274 e. The Balaban J connectivity index is 1.55. The first-order valence-electron chi connectivity index (χ1n) is 7.97. The Hall–Kier alpha value is -1.87. The highest BCUT2D eigenvalue weighted by atomic mass is 32.2. The molecule has 2 aliphatic carbocycles. The van der Waals surface area contributed by atoms with Crippen LogP contribution in [-0.2, 0) is 20.6 Å². The van der Waals surface area contributed by atoms with Crippen LogP contribution in [0.1, 0.15) is 43.2 Å². The molecule has 1 aromatic carbocycles. The van der Waals surface area contributed by atoms with Crippen molar-refractivity contribution in [3.8, 4) is 6.07 Å². The van der Waals surface area contributed by atoms with Gasteiger partial charge in [0.05, 0.1) is 17.4 Å². The number of carbonyl (C=O) groups is 1. The number of nitrogens with zero attached hydrogens (tertiary/aromatic N) is 1. The number of amides is 1. The normalized spacial score (nSPS) is 26.0. The summed E-state index contributed by atoms with van der Waals surface area (Å²) in [4.78, 5) is 12.0. The van der Waals surface area contributed by atoms with Crippen LogP contribution in [-0.4, -0.2) is 14.3 Å². The van der Waals surface area contributed by atoms with E-state index in [0.29, 0.717) is 29.4 Å². The Labute approximate surface area is 136 Å². The number of rotatable bonds is 5. The van der Waals surface area contributed by atoms with Gasteiger partial charge < -0.3 is 0 Å². The molecule has 1 N–H and O–H groups in total. The molecule has 6 heteroatoms. The molecule has 0 saturated heterocycles. The summed E-state index contributed by atoms with van der Waals surface area (Å²) in [6.07, 6.45) is 5.03. The molecule has 3 rings (SSSR count). The molecule has 0 aliphatic heterocycles. The number of nitrogens with one attached hydrogen (secondary N) is 1. The molecule has 23 heavy (non-hydrogen) atoms. The molecule has 0 radical (unpaired) electrons. The number of carbonyl (C=O) groups excluding carboxylic acids is 1. The fourth-order valence-electron chi connectivity index (χ4n) is 4.01. The fraction of sp³-hybridized carbons (Fsp3) is 0.529. The summed E-state index contributed by atoms with van der Waals surface area (Å²) >= 11 is 0. The molecule has 3 atom stereocenters. The molecule has 1 amide bonds. The predicted molar refractivity (Wildman–Crippen MR) is 85.5 cm³/mol. The van der Waals surface area contributed by atoms with Crippen LogP contribution in [0.4, 0.5) is 0 Å². The number of fused-ring (bicyclic) bond motifs is 2. The minimum absolute atomic E-state index is 0.249. The van der Waals surface area contributed by atoms with Crippen LogP contribution < -0.4 is 4.72 Å². The minimum Gasteiger partial charge on any atom is -0.274 e. The van der Waals surface area contributed by atoms with E-state index >= 15 is 0 Å². The maximum Gasteiger partial charge on any atom is 0.239 e. The van der Waals surface area contributed by atoms with Gasteiger partial charge in [-0.15, -0.1) is 0 Å². The van der Waals surface area contributed by atoms with E-state index < -0.39 is 15.9 Å². The van der Waals surface area contributed by atoms with Crippen LogP contribution in [0.2, 0.25) is 0 Å². The second kappa shape index (κ2) is 6.32. The van der Waals surface area contributed by atoms with Gasteiger partial charge in [-0.05, 0) is 54.7 Å². The van der Waals surface area contributed by atoms with Crippen molar-refractivity contribution >= 4 is 15.9 Å². The van der Waals surface area contributed by atoms with Crippen molar-refractivity contribution in [2.24, 2.45) is 17.8 Å². The lowest BCUT2D eigenvalue weighted by Gasteiger charge is -2.20. The van der Waals surface area contributed by atoms with Gasteiger partial charge in [0.2, 0.25) is 15.9 Å². The van der Waals surface area contributed by atoms with Crippen molar-refractivity contribution in [1.82, 2.24) is 4.72 Å². The first-order valence-corrected chi connectivity index (χ1v) is 9.63. The third-order valence-electron chi connectivity index (χ3n) is 5.04. The average Bonchev–Trinajstić information content (AvgIpc) is 3.09. The van der Waals surface area contributed by atoms with Crippen molar-refractivity contribution in [2.75, 3.05) is 0 Å². The first-order chi connectivity index (χ1) is 10.9. The highest BCUT2D eigenvalue weighted by Gasteiger charge is 2.40. The Morgan fingerprint density at radius 3 is 2.52 bits per heavy atom. The van der Waals surface area contributed by atoms with Gasteiger partial charge in [-0.1, -0.05) is 18.6 Å². The van der Waals surface area contributed by atoms with Crippen molar-refractivity contribution in [1.29, 1.82) is 5.26 Å². The zero-order chi connectivity index (χ0) is 16.4. The quantitative estimate of drug-likeness (QED) is 0.896. The zero-order valence-electron chi connectivity index (χ0n) is 12.9. The van der Waals surface area contributed by atoms with E-state index in [-0.39, 0.29) is 5.75 Å². The second-order valence-electron chi connectivity index (χ2n) is 6.73. The van der Waals surface area contributed by atoms with Gasteiger partial charge in [0.15, 0.2) is 0 Å². The summed E-state index contributed by atoms with van der Waals surface area (Å²) in [5.74, 6) is 1.05. The summed E-state index contributed by atoms with van der Waals surface area (Å²) in [6, 6.07) is 8.32. The molecule has 0 heterocycles. The van der Waals surface area contributed by atoms with Crippen molar-refractivity contribution < 1.29 is 13.2 Å². The molecule has 2 aliphatic rings. The van der Waals surface area contributed by atoms with Crippen LogP contribution >= 0.6 is 0 Å². The molecule has 3 unspecified atom stereocenters. The van der Waals surface area contributed by atoms with Crippen LogP contribution in [0.3, 0.4) is 0 Å². The fourth-order valence-corrected chi connectivity index (χ4v) is 5.14. The molecule has 0 aromatic heterocycles. The maximum atomic E-state index is 12.1. The third kappa shape index (κ3) is 3.91. The van der Waals surface area contributed by atoms with E-state index in [4.69, 9.17) is 5.26 Å². The summed E-state index contributed by atoms with van der Waals surface area (Å²) in [5.41, 5.74) is 1.04. The van der Waals surface area contributed by atoms with Gasteiger partial charge in [-0.25, -0.2) is 8.42 Å². The van der Waals surface area contributed by atoms with E-state index in [1.807, 2.05) is 6.07 Å². The van der Waals surface area contributed by atoms with Crippen LogP contribution in [0.25, 0.3) is 0 Å². The number of benzene rings is 1. The van der Waals surface area contributed by atoms with Crippen LogP contribution in [0, 0.1) is 29.1 Å². The third-order valence-corrected chi connectivity index (χ3v) is 6.29. The average molecular weight is 332 g/mol. The van der Waals surface area contributed by atoms with Crippen LogP contribution in [0.5, 0.6) is 0 Å². The molecule has 122 valence electrons. The van der Waals surface area contributed by atoms with Crippen molar-refractivity contribution in [2.45, 2.75) is 37.9 Å². The minimum atomic E-state index is -3.69. The highest BCUT2D eigenvalue weighted by Crippen LogP contribution is 2.49. The van der Waals surface area contributed by atoms with E-state index in [0.717, 1.165) is 12.3 Å². The Bertz CT molecular complexity index is 734. The molecule has 2 saturated carbocycles. The van der Waals surface area contributed by atoms with E-state index in [1.54, 1.807) is 24.3 Å². The van der Waals surface area contributed by atoms with Crippen molar-refractivity contribution in [3.63, 3.8) is 0 Å². The van der Waals surface area contributed by atoms with Gasteiger partial charge in [0.25, 0.3) is 0 Å².